The lowest BCUT2D eigenvalue weighted by Crippen LogP contribution is -2.58. The molecule has 1 saturated carbocycles. The molecule has 0 N–H and O–H groups in total. The van der Waals surface area contributed by atoms with Crippen molar-refractivity contribution in [3.8, 4) is 5.75 Å². The van der Waals surface area contributed by atoms with Gasteiger partial charge in [-0.2, -0.15) is 0 Å². The van der Waals surface area contributed by atoms with Crippen molar-refractivity contribution in [2.45, 2.75) is 64.8 Å². The van der Waals surface area contributed by atoms with Gasteiger partial charge in [0.05, 0.1) is 6.61 Å². The molecule has 5 nitrogen and oxygen atoms in total. The van der Waals surface area contributed by atoms with Crippen LogP contribution in [-0.2, 0) is 12.8 Å². The first-order valence-corrected chi connectivity index (χ1v) is 15.2. The van der Waals surface area contributed by atoms with Gasteiger partial charge in [0.2, 0.25) is 0 Å². The Morgan fingerprint density at radius 1 is 0.842 bits per heavy atom. The van der Waals surface area contributed by atoms with Crippen molar-refractivity contribution in [3.63, 3.8) is 0 Å². The number of carbonyl (C=O) groups excluding carboxylic acids is 1. The van der Waals surface area contributed by atoms with Gasteiger partial charge in [-0.05, 0) is 98.7 Å². The number of carbonyl (C=O) groups is 1. The summed E-state index contributed by atoms with van der Waals surface area (Å²) < 4.78 is 6.00. The summed E-state index contributed by atoms with van der Waals surface area (Å²) in [6, 6.07) is 17.4. The molecule has 3 atom stereocenters. The maximum atomic E-state index is 13.0. The summed E-state index contributed by atoms with van der Waals surface area (Å²) in [7, 11) is 0. The topological polar surface area (TPSA) is 36.0 Å². The van der Waals surface area contributed by atoms with E-state index in [2.05, 4.69) is 64.9 Å². The van der Waals surface area contributed by atoms with E-state index in [1.54, 1.807) is 0 Å². The second-order valence-corrected chi connectivity index (χ2v) is 11.6. The molecule has 0 bridgehead atoms. The van der Waals surface area contributed by atoms with Gasteiger partial charge in [-0.25, -0.2) is 0 Å². The SMILES string of the molecule is CCc1ccc(OCCCN2CCCC(C3CCC3N3CCN(C(=O)c4ccc(CC)cc4)CC3)C2)cc1. The second kappa shape index (κ2) is 13.1. The molecule has 2 heterocycles. The zero-order valence-electron chi connectivity index (χ0n) is 23.6. The van der Waals surface area contributed by atoms with Crippen molar-refractivity contribution >= 4 is 5.91 Å². The number of amides is 1. The molecule has 206 valence electrons. The third-order valence-corrected chi connectivity index (χ3v) is 9.34. The Labute approximate surface area is 230 Å². The number of piperidine rings is 1. The normalized spacial score (nSPS) is 24.7. The molecular formula is C33H47N3O2. The van der Waals surface area contributed by atoms with Crippen LogP contribution < -0.4 is 4.74 Å². The Morgan fingerprint density at radius 2 is 1.53 bits per heavy atom. The first-order chi connectivity index (χ1) is 18.6. The average molecular weight is 518 g/mol. The van der Waals surface area contributed by atoms with E-state index in [1.165, 1.54) is 49.9 Å². The molecule has 0 aromatic heterocycles. The highest BCUT2D eigenvalue weighted by molar-refractivity contribution is 5.94. The summed E-state index contributed by atoms with van der Waals surface area (Å²) in [6.07, 6.45) is 8.59. The minimum absolute atomic E-state index is 0.197. The largest absolute Gasteiger partial charge is 0.494 e. The summed E-state index contributed by atoms with van der Waals surface area (Å²) in [5.41, 5.74) is 3.48. The smallest absolute Gasteiger partial charge is 0.253 e. The van der Waals surface area contributed by atoms with Crippen LogP contribution in [0.5, 0.6) is 5.75 Å². The number of aryl methyl sites for hydroxylation is 2. The van der Waals surface area contributed by atoms with Crippen LogP contribution in [0, 0.1) is 11.8 Å². The van der Waals surface area contributed by atoms with Crippen LogP contribution in [0.1, 0.15) is 67.4 Å². The third kappa shape index (κ3) is 6.60. The monoisotopic (exact) mass is 517 g/mol. The summed E-state index contributed by atoms with van der Waals surface area (Å²) in [5, 5.41) is 0. The molecule has 2 aliphatic heterocycles. The zero-order chi connectivity index (χ0) is 26.3. The Hall–Kier alpha value is -2.37. The summed E-state index contributed by atoms with van der Waals surface area (Å²) in [6.45, 7) is 12.5. The second-order valence-electron chi connectivity index (χ2n) is 11.6. The molecule has 2 aromatic carbocycles. The van der Waals surface area contributed by atoms with Crippen LogP contribution in [0.2, 0.25) is 0 Å². The molecule has 3 aliphatic rings. The first-order valence-electron chi connectivity index (χ1n) is 15.2. The Morgan fingerprint density at radius 3 is 2.16 bits per heavy atom. The highest BCUT2D eigenvalue weighted by Gasteiger charge is 2.42. The van der Waals surface area contributed by atoms with Gasteiger partial charge in [-0.15, -0.1) is 0 Å². The Balaban J connectivity index is 1.04. The number of likely N-dealkylation sites (tertiary alicyclic amines) is 1. The highest BCUT2D eigenvalue weighted by atomic mass is 16.5. The fourth-order valence-electron chi connectivity index (χ4n) is 6.78. The van der Waals surface area contributed by atoms with E-state index >= 15 is 0 Å². The standard InChI is InChI=1S/C33H47N3O2/c1-3-26-8-12-28(13-9-26)33(37)36-22-20-35(21-23-36)32-17-16-31(32)29-7-5-18-34(25-29)19-6-24-38-30-14-10-27(4-2)11-15-30/h8-15,29,31-32H,3-7,16-25H2,1-2H3. The Bertz CT molecular complexity index is 1010. The molecule has 1 aliphatic carbocycles. The van der Waals surface area contributed by atoms with Crippen molar-refractivity contribution in [2.75, 3.05) is 52.4 Å². The maximum Gasteiger partial charge on any atom is 0.253 e. The molecule has 3 unspecified atom stereocenters. The van der Waals surface area contributed by atoms with Gasteiger partial charge in [0, 0.05) is 50.9 Å². The fourth-order valence-corrected chi connectivity index (χ4v) is 6.78. The summed E-state index contributed by atoms with van der Waals surface area (Å²) >= 11 is 0. The number of hydrogen-bond donors (Lipinski definition) is 0. The minimum Gasteiger partial charge on any atom is -0.494 e. The summed E-state index contributed by atoms with van der Waals surface area (Å²) in [5.74, 6) is 2.84. The number of benzene rings is 2. The van der Waals surface area contributed by atoms with Crippen LogP contribution in [0.25, 0.3) is 0 Å². The number of piperazine rings is 1. The first kappa shape index (κ1) is 27.2. The Kier molecular flexibility index (Phi) is 9.40. The molecule has 0 spiro atoms. The van der Waals surface area contributed by atoms with Crippen molar-refractivity contribution in [1.82, 2.24) is 14.7 Å². The number of rotatable bonds is 10. The lowest BCUT2D eigenvalue weighted by Gasteiger charge is -2.52. The molecule has 2 aromatic rings. The number of hydrogen-bond acceptors (Lipinski definition) is 4. The van der Waals surface area contributed by atoms with Crippen LogP contribution in [-0.4, -0.2) is 79.1 Å². The molecule has 5 rings (SSSR count). The predicted octanol–water partition coefficient (Wildman–Crippen LogP) is 5.53. The zero-order valence-corrected chi connectivity index (χ0v) is 23.6. The van der Waals surface area contributed by atoms with Gasteiger partial charge in [0.15, 0.2) is 0 Å². The van der Waals surface area contributed by atoms with Crippen LogP contribution >= 0.6 is 0 Å². The molecule has 1 amide bonds. The minimum atomic E-state index is 0.197. The maximum absolute atomic E-state index is 13.0. The lowest BCUT2D eigenvalue weighted by molar-refractivity contribution is -0.0191. The van der Waals surface area contributed by atoms with E-state index in [9.17, 15) is 4.79 Å². The lowest BCUT2D eigenvalue weighted by atomic mass is 9.68. The number of nitrogens with zero attached hydrogens (tertiary/aromatic N) is 3. The van der Waals surface area contributed by atoms with Crippen molar-refractivity contribution in [3.05, 3.63) is 65.2 Å². The predicted molar refractivity (Wildman–Crippen MR) is 155 cm³/mol. The van der Waals surface area contributed by atoms with E-state index in [-0.39, 0.29) is 5.91 Å². The van der Waals surface area contributed by atoms with Crippen molar-refractivity contribution < 1.29 is 9.53 Å². The summed E-state index contributed by atoms with van der Waals surface area (Å²) in [4.78, 5) is 20.5. The molecule has 0 radical (unpaired) electrons. The van der Waals surface area contributed by atoms with E-state index in [1.807, 2.05) is 12.1 Å². The van der Waals surface area contributed by atoms with Crippen molar-refractivity contribution in [1.29, 1.82) is 0 Å². The van der Waals surface area contributed by atoms with Crippen molar-refractivity contribution in [2.24, 2.45) is 11.8 Å². The van der Waals surface area contributed by atoms with E-state index < -0.39 is 0 Å². The average Bonchev–Trinajstić information content (AvgIpc) is 2.95. The van der Waals surface area contributed by atoms with Crippen LogP contribution in [0.15, 0.2) is 48.5 Å². The van der Waals surface area contributed by atoms with E-state index in [4.69, 9.17) is 4.74 Å². The number of ether oxygens (including phenoxy) is 1. The highest BCUT2D eigenvalue weighted by Crippen LogP contribution is 2.41. The van der Waals surface area contributed by atoms with Gasteiger partial charge >= 0.3 is 0 Å². The van der Waals surface area contributed by atoms with Gasteiger partial charge in [0.1, 0.15) is 5.75 Å². The molecule has 5 heteroatoms. The molecule has 3 fully saturated rings. The van der Waals surface area contributed by atoms with Gasteiger partial charge in [-0.1, -0.05) is 38.1 Å². The molecule has 2 saturated heterocycles. The van der Waals surface area contributed by atoms with Gasteiger partial charge < -0.3 is 14.5 Å². The quantitative estimate of drug-likeness (QED) is 0.388. The van der Waals surface area contributed by atoms with Crippen LogP contribution in [0.4, 0.5) is 0 Å². The fraction of sp³-hybridized carbons (Fsp3) is 0.606. The third-order valence-electron chi connectivity index (χ3n) is 9.34. The van der Waals surface area contributed by atoms with Gasteiger partial charge in [-0.3, -0.25) is 9.69 Å². The van der Waals surface area contributed by atoms with Crippen LogP contribution in [0.3, 0.4) is 0 Å². The van der Waals surface area contributed by atoms with E-state index in [0.717, 1.165) is 87.8 Å². The van der Waals surface area contributed by atoms with E-state index in [0.29, 0.717) is 0 Å². The molecule has 38 heavy (non-hydrogen) atoms. The van der Waals surface area contributed by atoms with Gasteiger partial charge in [0.25, 0.3) is 5.91 Å². The molecular weight excluding hydrogens is 470 g/mol.